The average Bonchev–Trinajstić information content (AvgIpc) is 2.89. The number of nitrogens with zero attached hydrogens (tertiary/aromatic N) is 3. The van der Waals surface area contributed by atoms with Gasteiger partial charge in [-0.3, -0.25) is 4.79 Å². The Morgan fingerprint density at radius 1 is 1.25 bits per heavy atom. The Morgan fingerprint density at radius 2 is 1.88 bits per heavy atom. The highest BCUT2D eigenvalue weighted by atomic mass is 16.2. The fourth-order valence-electron chi connectivity index (χ4n) is 2.61. The first-order valence-electron chi connectivity index (χ1n) is 5.59. The summed E-state index contributed by atoms with van der Waals surface area (Å²) in [4.78, 5) is 21.8. The van der Waals surface area contributed by atoms with Crippen LogP contribution in [-0.2, 0) is 0 Å². The molecule has 3 heterocycles. The molecular weight excluding hydrogens is 204 g/mol. The molecule has 5 nitrogen and oxygen atoms in total. The lowest BCUT2D eigenvalue weighted by atomic mass is 10.0. The van der Waals surface area contributed by atoms with Crippen LogP contribution >= 0.6 is 0 Å². The van der Waals surface area contributed by atoms with Gasteiger partial charge in [-0.25, -0.2) is 9.97 Å². The van der Waals surface area contributed by atoms with Crippen molar-refractivity contribution in [1.29, 1.82) is 0 Å². The molecule has 2 atom stereocenters. The van der Waals surface area contributed by atoms with E-state index in [0.29, 0.717) is 17.4 Å². The molecular formula is C11H14N4O. The summed E-state index contributed by atoms with van der Waals surface area (Å²) in [7, 11) is 0. The normalized spacial score (nSPS) is 28.1. The predicted octanol–water partition coefficient (Wildman–Crippen LogP) is -0.232. The van der Waals surface area contributed by atoms with Gasteiger partial charge in [-0.2, -0.15) is 0 Å². The Morgan fingerprint density at radius 3 is 2.50 bits per heavy atom. The van der Waals surface area contributed by atoms with E-state index < -0.39 is 0 Å². The van der Waals surface area contributed by atoms with E-state index in [9.17, 15) is 4.79 Å². The molecule has 5 heteroatoms. The van der Waals surface area contributed by atoms with E-state index in [4.69, 9.17) is 0 Å². The number of hydrogen-bond donors (Lipinski definition) is 1. The van der Waals surface area contributed by atoms with Gasteiger partial charge in [0.1, 0.15) is 6.33 Å². The first-order valence-corrected chi connectivity index (χ1v) is 5.59. The quantitative estimate of drug-likeness (QED) is 0.707. The van der Waals surface area contributed by atoms with Crippen LogP contribution in [-0.4, -0.2) is 47.0 Å². The lowest BCUT2D eigenvalue weighted by Crippen LogP contribution is -2.31. The first kappa shape index (κ1) is 9.72. The fraction of sp³-hybridized carbons (Fsp3) is 0.545. The number of carbonyl (C=O) groups excluding carboxylic acids is 1. The summed E-state index contributed by atoms with van der Waals surface area (Å²) in [6.07, 6.45) is 4.61. The molecule has 0 bridgehead atoms. The molecule has 0 aliphatic carbocycles. The van der Waals surface area contributed by atoms with Crippen LogP contribution < -0.4 is 5.32 Å². The van der Waals surface area contributed by atoms with Crippen molar-refractivity contribution in [1.82, 2.24) is 20.2 Å². The largest absolute Gasteiger partial charge is 0.338 e. The second kappa shape index (κ2) is 3.83. The zero-order valence-corrected chi connectivity index (χ0v) is 8.97. The number of amides is 1. The van der Waals surface area contributed by atoms with Gasteiger partial charge in [-0.05, 0) is 11.8 Å². The maximum atomic E-state index is 12.1. The zero-order chi connectivity index (χ0) is 11.0. The monoisotopic (exact) mass is 218 g/mol. The van der Waals surface area contributed by atoms with Crippen LogP contribution in [0.25, 0.3) is 0 Å². The Labute approximate surface area is 93.9 Å². The minimum absolute atomic E-state index is 0.0648. The molecule has 1 amide bonds. The SMILES string of the molecule is O=C(c1cncnc1)N1CC2CNCC2C1. The van der Waals surface area contributed by atoms with E-state index in [1.165, 1.54) is 6.33 Å². The van der Waals surface area contributed by atoms with Crippen molar-refractivity contribution >= 4 is 5.91 Å². The molecule has 0 aromatic carbocycles. The van der Waals surface area contributed by atoms with Crippen LogP contribution in [0.3, 0.4) is 0 Å². The highest BCUT2D eigenvalue weighted by Crippen LogP contribution is 2.27. The lowest BCUT2D eigenvalue weighted by Gasteiger charge is -2.16. The molecule has 0 saturated carbocycles. The third kappa shape index (κ3) is 1.57. The van der Waals surface area contributed by atoms with Crippen LogP contribution in [0.5, 0.6) is 0 Å². The Bertz CT molecular complexity index is 382. The molecule has 0 radical (unpaired) electrons. The minimum Gasteiger partial charge on any atom is -0.338 e. The number of carbonyl (C=O) groups is 1. The van der Waals surface area contributed by atoms with Crippen molar-refractivity contribution < 1.29 is 4.79 Å². The summed E-state index contributed by atoms with van der Waals surface area (Å²) >= 11 is 0. The van der Waals surface area contributed by atoms with Crippen molar-refractivity contribution in [2.45, 2.75) is 0 Å². The van der Waals surface area contributed by atoms with Crippen LogP contribution in [0.4, 0.5) is 0 Å². The van der Waals surface area contributed by atoms with Crippen LogP contribution in [0.1, 0.15) is 10.4 Å². The average molecular weight is 218 g/mol. The number of fused-ring (bicyclic) bond motifs is 1. The van der Waals surface area contributed by atoms with E-state index in [1.807, 2.05) is 4.90 Å². The topological polar surface area (TPSA) is 58.1 Å². The third-order valence-corrected chi connectivity index (χ3v) is 3.48. The van der Waals surface area contributed by atoms with Gasteiger partial charge in [0.2, 0.25) is 0 Å². The first-order chi connectivity index (χ1) is 7.84. The van der Waals surface area contributed by atoms with E-state index in [1.54, 1.807) is 12.4 Å². The number of rotatable bonds is 1. The Kier molecular flexibility index (Phi) is 2.32. The molecule has 2 aliphatic heterocycles. The smallest absolute Gasteiger partial charge is 0.257 e. The Balaban J connectivity index is 1.73. The van der Waals surface area contributed by atoms with Gasteiger partial charge in [0, 0.05) is 38.6 Å². The molecule has 2 unspecified atom stereocenters. The van der Waals surface area contributed by atoms with Gasteiger partial charge < -0.3 is 10.2 Å². The molecule has 1 N–H and O–H groups in total. The number of aromatic nitrogens is 2. The molecule has 3 rings (SSSR count). The lowest BCUT2D eigenvalue weighted by molar-refractivity contribution is 0.0781. The molecule has 84 valence electrons. The van der Waals surface area contributed by atoms with Gasteiger partial charge >= 0.3 is 0 Å². The minimum atomic E-state index is 0.0648. The molecule has 2 saturated heterocycles. The maximum Gasteiger partial charge on any atom is 0.257 e. The summed E-state index contributed by atoms with van der Waals surface area (Å²) in [5, 5.41) is 3.36. The van der Waals surface area contributed by atoms with Crippen molar-refractivity contribution in [3.63, 3.8) is 0 Å². The van der Waals surface area contributed by atoms with Gasteiger partial charge in [0.15, 0.2) is 0 Å². The summed E-state index contributed by atoms with van der Waals surface area (Å²) in [6, 6.07) is 0. The van der Waals surface area contributed by atoms with Gasteiger partial charge in [-0.1, -0.05) is 0 Å². The number of likely N-dealkylation sites (tertiary alicyclic amines) is 1. The summed E-state index contributed by atoms with van der Waals surface area (Å²) < 4.78 is 0. The highest BCUT2D eigenvalue weighted by molar-refractivity contribution is 5.93. The van der Waals surface area contributed by atoms with E-state index >= 15 is 0 Å². The van der Waals surface area contributed by atoms with Crippen LogP contribution in [0.2, 0.25) is 0 Å². The summed E-state index contributed by atoms with van der Waals surface area (Å²) in [6.45, 7) is 3.82. The van der Waals surface area contributed by atoms with E-state index in [2.05, 4.69) is 15.3 Å². The number of nitrogens with one attached hydrogen (secondary N) is 1. The van der Waals surface area contributed by atoms with Gasteiger partial charge in [-0.15, -0.1) is 0 Å². The van der Waals surface area contributed by atoms with Crippen molar-refractivity contribution in [3.8, 4) is 0 Å². The van der Waals surface area contributed by atoms with E-state index in [-0.39, 0.29) is 5.91 Å². The molecule has 16 heavy (non-hydrogen) atoms. The van der Waals surface area contributed by atoms with Gasteiger partial charge in [0.25, 0.3) is 5.91 Å². The standard InChI is InChI=1S/C11H14N4O/c16-11(8-1-13-7-14-2-8)15-5-9-3-12-4-10(9)6-15/h1-2,7,9-10,12H,3-6H2. The summed E-state index contributed by atoms with van der Waals surface area (Å²) in [5.74, 6) is 1.33. The van der Waals surface area contributed by atoms with Crippen LogP contribution in [0.15, 0.2) is 18.7 Å². The maximum absolute atomic E-state index is 12.1. The second-order valence-corrected chi connectivity index (χ2v) is 4.52. The molecule has 0 spiro atoms. The van der Waals surface area contributed by atoms with Crippen molar-refractivity contribution in [3.05, 3.63) is 24.3 Å². The number of hydrogen-bond acceptors (Lipinski definition) is 4. The molecule has 2 aliphatic rings. The second-order valence-electron chi connectivity index (χ2n) is 4.52. The highest BCUT2D eigenvalue weighted by Gasteiger charge is 2.38. The van der Waals surface area contributed by atoms with Crippen molar-refractivity contribution in [2.75, 3.05) is 26.2 Å². The van der Waals surface area contributed by atoms with Crippen molar-refractivity contribution in [2.24, 2.45) is 11.8 Å². The zero-order valence-electron chi connectivity index (χ0n) is 8.97. The third-order valence-electron chi connectivity index (χ3n) is 3.48. The van der Waals surface area contributed by atoms with Crippen LogP contribution in [0, 0.1) is 11.8 Å². The fourth-order valence-corrected chi connectivity index (χ4v) is 2.61. The predicted molar refractivity (Wildman–Crippen MR) is 57.8 cm³/mol. The molecule has 1 aromatic heterocycles. The van der Waals surface area contributed by atoms with Gasteiger partial charge in [0.05, 0.1) is 5.56 Å². The van der Waals surface area contributed by atoms with E-state index in [0.717, 1.165) is 26.2 Å². The summed E-state index contributed by atoms with van der Waals surface area (Å²) in [5.41, 5.74) is 0.593. The Hall–Kier alpha value is -1.49. The molecule has 2 fully saturated rings. The molecule has 1 aromatic rings.